The summed E-state index contributed by atoms with van der Waals surface area (Å²) in [6, 6.07) is 2.12. The Labute approximate surface area is 182 Å². The molecule has 0 spiro atoms. The zero-order chi connectivity index (χ0) is 22.3. The van der Waals surface area contributed by atoms with Crippen molar-refractivity contribution >= 4 is 27.2 Å². The zero-order valence-electron chi connectivity index (χ0n) is 18.0. The van der Waals surface area contributed by atoms with Crippen LogP contribution in [-0.2, 0) is 51.1 Å². The number of hydrogen-bond acceptors (Lipinski definition) is 6. The molecule has 0 saturated carbocycles. The van der Waals surface area contributed by atoms with Crippen LogP contribution in [0.1, 0.15) is 73.4 Å². The molecule has 0 radical (unpaired) electrons. The van der Waals surface area contributed by atoms with Crippen molar-refractivity contribution in [3.63, 3.8) is 0 Å². The number of ether oxygens (including phenoxy) is 1. The molecule has 30 heavy (non-hydrogen) atoms. The van der Waals surface area contributed by atoms with Gasteiger partial charge in [-0.1, -0.05) is 26.8 Å². The average molecular weight is 452 g/mol. The van der Waals surface area contributed by atoms with Crippen LogP contribution in [-0.4, -0.2) is 20.2 Å². The Morgan fingerprint density at radius 3 is 2.67 bits per heavy atom. The van der Waals surface area contributed by atoms with E-state index in [0.29, 0.717) is 18.2 Å². The molecule has 1 aliphatic heterocycles. The van der Waals surface area contributed by atoms with Crippen LogP contribution >= 0.6 is 11.3 Å². The number of carbonyl (C=O) groups excluding carboxylic acids is 1. The molecule has 0 aliphatic carbocycles. The minimum Gasteiger partial charge on any atom is -0.383 e. The highest BCUT2D eigenvalue weighted by Gasteiger charge is 2.25. The lowest BCUT2D eigenvalue weighted by molar-refractivity contribution is -0.117. The first kappa shape index (κ1) is 23.0. The van der Waals surface area contributed by atoms with Crippen LogP contribution in [0, 0.1) is 0 Å². The quantitative estimate of drug-likeness (QED) is 0.697. The van der Waals surface area contributed by atoms with E-state index in [-0.39, 0.29) is 16.5 Å². The summed E-state index contributed by atoms with van der Waals surface area (Å²) in [7, 11) is -3.44. The number of benzene rings is 1. The van der Waals surface area contributed by atoms with E-state index in [1.165, 1.54) is 11.8 Å². The molecule has 9 heteroatoms. The summed E-state index contributed by atoms with van der Waals surface area (Å²) < 4.78 is 22.6. The van der Waals surface area contributed by atoms with Gasteiger partial charge < -0.3 is 9.84 Å². The molecule has 0 saturated heterocycles. The van der Waals surface area contributed by atoms with Gasteiger partial charge in [0.1, 0.15) is 14.8 Å². The van der Waals surface area contributed by atoms with E-state index in [2.05, 4.69) is 36.2 Å². The molecule has 2 heterocycles. The van der Waals surface area contributed by atoms with E-state index in [1.54, 1.807) is 13.8 Å². The number of fused-ring (bicyclic) bond motifs is 1. The molecule has 2 aromatic rings. The lowest BCUT2D eigenvalue weighted by Gasteiger charge is -2.19. The summed E-state index contributed by atoms with van der Waals surface area (Å²) in [5, 5.41) is 16.4. The van der Waals surface area contributed by atoms with Gasteiger partial charge in [0.05, 0.1) is 25.8 Å². The molecule has 1 aromatic heterocycles. The summed E-state index contributed by atoms with van der Waals surface area (Å²) in [5.74, 6) is -0.307. The Morgan fingerprint density at radius 1 is 1.40 bits per heavy atom. The lowest BCUT2D eigenvalue weighted by atomic mass is 9.85. The number of nitrogens with two attached hydrogens (primary N) is 1. The summed E-state index contributed by atoms with van der Waals surface area (Å²) in [6.07, 6.45) is 2.13. The third-order valence-electron chi connectivity index (χ3n) is 5.14. The minimum absolute atomic E-state index is 0.0370. The first-order valence-corrected chi connectivity index (χ1v) is 12.3. The summed E-state index contributed by atoms with van der Waals surface area (Å²) in [4.78, 5) is 16.9. The van der Waals surface area contributed by atoms with E-state index in [4.69, 9.17) is 9.88 Å². The molecule has 7 nitrogen and oxygen atoms in total. The van der Waals surface area contributed by atoms with Crippen LogP contribution in [0.2, 0.25) is 0 Å². The van der Waals surface area contributed by atoms with Crippen molar-refractivity contribution in [1.82, 2.24) is 4.98 Å². The number of rotatable bonds is 6. The molecular formula is C21H29N3O4S2. The van der Waals surface area contributed by atoms with Crippen molar-refractivity contribution in [3.8, 4) is 0 Å². The van der Waals surface area contributed by atoms with Gasteiger partial charge in [-0.15, -0.1) is 15.7 Å². The molecule has 1 unspecified atom stereocenters. The van der Waals surface area contributed by atoms with E-state index < -0.39 is 21.4 Å². The molecule has 0 fully saturated rings. The molecule has 1 aromatic carbocycles. The average Bonchev–Trinajstić information content (AvgIpc) is 3.29. The van der Waals surface area contributed by atoms with Gasteiger partial charge in [0.25, 0.3) is 5.91 Å². The van der Waals surface area contributed by atoms with Gasteiger partial charge >= 0.3 is 0 Å². The van der Waals surface area contributed by atoms with E-state index in [0.717, 1.165) is 40.0 Å². The number of thiazole rings is 1. The SMILES string of the molecule is CCc1c2c(cc(C(C)C)c1CC(=O)N=S(N)(=O)c1cnc(C(C)(C)O)s1)COC2. The molecule has 1 aliphatic rings. The molecular weight excluding hydrogens is 422 g/mol. The van der Waals surface area contributed by atoms with Gasteiger partial charge in [-0.25, -0.2) is 14.3 Å². The number of nitrogens with zero attached hydrogens (tertiary/aromatic N) is 2. The van der Waals surface area contributed by atoms with Crippen LogP contribution in [0.3, 0.4) is 0 Å². The van der Waals surface area contributed by atoms with Gasteiger partial charge in [-0.2, -0.15) is 0 Å². The lowest BCUT2D eigenvalue weighted by Crippen LogP contribution is -2.16. The van der Waals surface area contributed by atoms with Crippen molar-refractivity contribution in [2.24, 2.45) is 9.50 Å². The Hall–Kier alpha value is -1.65. The van der Waals surface area contributed by atoms with Crippen molar-refractivity contribution < 1.29 is 18.8 Å². The summed E-state index contributed by atoms with van der Waals surface area (Å²) in [6.45, 7) is 10.5. The normalized spacial score (nSPS) is 15.9. The van der Waals surface area contributed by atoms with Gasteiger partial charge in [-0.05, 0) is 54.0 Å². The number of aromatic nitrogens is 1. The summed E-state index contributed by atoms with van der Waals surface area (Å²) in [5.41, 5.74) is 4.28. The highest BCUT2D eigenvalue weighted by Crippen LogP contribution is 2.34. The maximum atomic E-state index is 12.9. The highest BCUT2D eigenvalue weighted by atomic mass is 32.2. The number of carbonyl (C=O) groups is 1. The predicted octanol–water partition coefficient (Wildman–Crippen LogP) is 3.56. The van der Waals surface area contributed by atoms with Crippen LogP contribution in [0.25, 0.3) is 0 Å². The second-order valence-electron chi connectivity index (χ2n) is 8.34. The number of hydrogen-bond donors (Lipinski definition) is 2. The topological polar surface area (TPSA) is 115 Å². The Morgan fingerprint density at radius 2 is 2.10 bits per heavy atom. The van der Waals surface area contributed by atoms with Crippen LogP contribution in [0.15, 0.2) is 20.8 Å². The second kappa shape index (κ2) is 8.47. The standard InChI is InChI=1S/C21H29N3O4S2/c1-6-14-16(15(12(2)3)7-13-10-28-11-17(13)14)8-18(25)24-30(22,27)19-9-23-20(29-19)21(4,5)26/h7,9,12,26H,6,8,10-11H2,1-5H3,(H2,22,24,25,27). The summed E-state index contributed by atoms with van der Waals surface area (Å²) >= 11 is 1.00. The fraction of sp³-hybridized carbons (Fsp3) is 0.524. The monoisotopic (exact) mass is 451 g/mol. The van der Waals surface area contributed by atoms with Crippen molar-refractivity contribution in [2.75, 3.05) is 0 Å². The van der Waals surface area contributed by atoms with Crippen LogP contribution in [0.4, 0.5) is 0 Å². The highest BCUT2D eigenvalue weighted by molar-refractivity contribution is 7.93. The van der Waals surface area contributed by atoms with Crippen molar-refractivity contribution in [3.05, 3.63) is 45.1 Å². The predicted molar refractivity (Wildman–Crippen MR) is 117 cm³/mol. The first-order valence-electron chi connectivity index (χ1n) is 9.94. The van der Waals surface area contributed by atoms with Crippen LogP contribution < -0.4 is 5.14 Å². The molecule has 1 atom stereocenters. The van der Waals surface area contributed by atoms with E-state index >= 15 is 0 Å². The fourth-order valence-electron chi connectivity index (χ4n) is 3.69. The molecule has 3 rings (SSSR count). The van der Waals surface area contributed by atoms with Gasteiger partial charge in [-0.3, -0.25) is 4.79 Å². The molecule has 0 bridgehead atoms. The van der Waals surface area contributed by atoms with Crippen LogP contribution in [0.5, 0.6) is 0 Å². The maximum Gasteiger partial charge on any atom is 0.259 e. The molecule has 3 N–H and O–H groups in total. The number of aliphatic hydroxyl groups is 1. The zero-order valence-corrected chi connectivity index (χ0v) is 19.7. The van der Waals surface area contributed by atoms with Gasteiger partial charge in [0.15, 0.2) is 9.92 Å². The second-order valence-corrected chi connectivity index (χ2v) is 11.4. The van der Waals surface area contributed by atoms with Crippen molar-refractivity contribution in [2.45, 2.75) is 76.4 Å². The molecule has 1 amide bonds. The molecule has 164 valence electrons. The fourth-order valence-corrected chi connectivity index (χ4v) is 5.83. The van der Waals surface area contributed by atoms with Gasteiger partial charge in [0, 0.05) is 0 Å². The Bertz CT molecular complexity index is 1090. The minimum atomic E-state index is -3.44. The number of amides is 1. The van der Waals surface area contributed by atoms with E-state index in [9.17, 15) is 14.1 Å². The Kier molecular flexibility index (Phi) is 6.50. The van der Waals surface area contributed by atoms with E-state index in [1.807, 2.05) is 0 Å². The van der Waals surface area contributed by atoms with Crippen molar-refractivity contribution in [1.29, 1.82) is 0 Å². The smallest absolute Gasteiger partial charge is 0.259 e. The maximum absolute atomic E-state index is 12.9. The third-order valence-corrected chi connectivity index (χ3v) is 8.36. The largest absolute Gasteiger partial charge is 0.383 e. The van der Waals surface area contributed by atoms with Gasteiger partial charge in [0.2, 0.25) is 0 Å². The Balaban J connectivity index is 1.98. The first-order chi connectivity index (χ1) is 13.9. The third kappa shape index (κ3) is 4.65.